The zero-order valence-corrected chi connectivity index (χ0v) is 22.1. The second-order valence-corrected chi connectivity index (χ2v) is 11.5. The molecule has 3 rings (SSSR count). The molecule has 0 aliphatic carbocycles. The van der Waals surface area contributed by atoms with E-state index in [2.05, 4.69) is 60.9 Å². The molecule has 0 saturated carbocycles. The van der Waals surface area contributed by atoms with Gasteiger partial charge < -0.3 is 24.8 Å². The molecule has 1 heterocycles. The highest BCUT2D eigenvalue weighted by molar-refractivity contribution is 7.51. The molecule has 0 saturated heterocycles. The predicted octanol–water partition coefficient (Wildman–Crippen LogP) is 6.50. The fourth-order valence-corrected chi connectivity index (χ4v) is 4.87. The van der Waals surface area contributed by atoms with Gasteiger partial charge in [-0.1, -0.05) is 43.6 Å². The highest BCUT2D eigenvalue weighted by Crippen LogP contribution is 2.34. The molecule has 0 bridgehead atoms. The van der Waals surface area contributed by atoms with E-state index in [1.165, 1.54) is 11.1 Å². The largest absolute Gasteiger partial charge is 0.472 e. The Labute approximate surface area is 213 Å². The molecular formula is C27H36ClN2O4P. The first kappa shape index (κ1) is 27.5. The summed E-state index contributed by atoms with van der Waals surface area (Å²) in [5.41, 5.74) is 6.67. The quantitative estimate of drug-likeness (QED) is 0.144. The van der Waals surface area contributed by atoms with Crippen molar-refractivity contribution in [2.45, 2.75) is 46.1 Å². The van der Waals surface area contributed by atoms with Crippen LogP contribution in [0.15, 0.2) is 59.4 Å². The molecule has 190 valence electrons. The Hall–Kier alpha value is -2.08. The zero-order valence-electron chi connectivity index (χ0n) is 20.5. The molecule has 0 fully saturated rings. The molecule has 2 aromatic carbocycles. The van der Waals surface area contributed by atoms with Crippen LogP contribution in [-0.2, 0) is 24.0 Å². The monoisotopic (exact) mass is 518 g/mol. The van der Waals surface area contributed by atoms with Crippen LogP contribution in [0.3, 0.4) is 0 Å². The molecule has 0 aliphatic heterocycles. The van der Waals surface area contributed by atoms with Gasteiger partial charge in [-0.15, -0.1) is 0 Å². The first-order valence-corrected chi connectivity index (χ1v) is 14.3. The Balaban J connectivity index is 1.55. The van der Waals surface area contributed by atoms with Crippen LogP contribution in [-0.4, -0.2) is 29.0 Å². The third-order valence-corrected chi connectivity index (χ3v) is 7.00. The number of hydrogen-bond donors (Lipinski definition) is 4. The van der Waals surface area contributed by atoms with E-state index >= 15 is 0 Å². The molecule has 0 amide bonds. The standard InChI is InChI=1S/C27H36ClN2O4P/c1-20(2)15-23-8-6-21(17-26(23)28)5-3-12-30-27-9-7-22(16-25(27)24-10-13-34-19-24)18-29-11-4-14-35(31,32)33/h6-10,13,16-17,19-20,29-30H,3-5,11-12,14-15,18H2,1-2H3,(H2,31,32,33). The Kier molecular flexibility index (Phi) is 10.4. The lowest BCUT2D eigenvalue weighted by molar-refractivity contribution is 0.371. The normalized spacial score (nSPS) is 11.8. The van der Waals surface area contributed by atoms with Crippen LogP contribution in [0, 0.1) is 5.92 Å². The summed E-state index contributed by atoms with van der Waals surface area (Å²) in [7, 11) is -3.93. The molecule has 3 aromatic rings. The van der Waals surface area contributed by atoms with Gasteiger partial charge in [0.15, 0.2) is 0 Å². The number of anilines is 1. The smallest absolute Gasteiger partial charge is 0.325 e. The predicted molar refractivity (Wildman–Crippen MR) is 144 cm³/mol. The Morgan fingerprint density at radius 1 is 1.03 bits per heavy atom. The number of aryl methyl sites for hydroxylation is 1. The van der Waals surface area contributed by atoms with E-state index in [0.717, 1.165) is 53.2 Å². The fraction of sp³-hybridized carbons (Fsp3) is 0.407. The van der Waals surface area contributed by atoms with Crippen molar-refractivity contribution < 1.29 is 18.8 Å². The van der Waals surface area contributed by atoms with Crippen molar-refractivity contribution in [1.82, 2.24) is 5.32 Å². The Bertz CT molecular complexity index is 1110. The molecule has 35 heavy (non-hydrogen) atoms. The van der Waals surface area contributed by atoms with Gasteiger partial charge in [-0.05, 0) is 79.1 Å². The topological polar surface area (TPSA) is 94.7 Å². The summed E-state index contributed by atoms with van der Waals surface area (Å²) in [6.07, 6.45) is 6.66. The summed E-state index contributed by atoms with van der Waals surface area (Å²) in [5.74, 6) is 0.585. The van der Waals surface area contributed by atoms with Crippen molar-refractivity contribution in [2.75, 3.05) is 24.6 Å². The number of furan rings is 1. The van der Waals surface area contributed by atoms with Crippen LogP contribution in [0.5, 0.6) is 0 Å². The maximum absolute atomic E-state index is 11.0. The van der Waals surface area contributed by atoms with Crippen molar-refractivity contribution in [3.63, 3.8) is 0 Å². The minimum Gasteiger partial charge on any atom is -0.472 e. The molecule has 0 unspecified atom stereocenters. The van der Waals surface area contributed by atoms with E-state index in [9.17, 15) is 4.57 Å². The van der Waals surface area contributed by atoms with Crippen molar-refractivity contribution in [3.05, 3.63) is 76.7 Å². The second kappa shape index (κ2) is 13.3. The van der Waals surface area contributed by atoms with E-state index in [4.69, 9.17) is 25.8 Å². The van der Waals surface area contributed by atoms with Gasteiger partial charge in [-0.3, -0.25) is 4.57 Å². The summed E-state index contributed by atoms with van der Waals surface area (Å²) in [5, 5.41) is 7.68. The maximum Gasteiger partial charge on any atom is 0.325 e. The van der Waals surface area contributed by atoms with Crippen LogP contribution < -0.4 is 10.6 Å². The lowest BCUT2D eigenvalue weighted by Gasteiger charge is -2.14. The van der Waals surface area contributed by atoms with Gasteiger partial charge in [0.2, 0.25) is 0 Å². The third kappa shape index (κ3) is 9.47. The average molecular weight is 519 g/mol. The van der Waals surface area contributed by atoms with Gasteiger partial charge >= 0.3 is 7.60 Å². The van der Waals surface area contributed by atoms with Crippen molar-refractivity contribution >= 4 is 24.9 Å². The molecular weight excluding hydrogens is 483 g/mol. The van der Waals surface area contributed by atoms with Gasteiger partial charge in [0.05, 0.1) is 18.7 Å². The van der Waals surface area contributed by atoms with Gasteiger partial charge in [0.25, 0.3) is 0 Å². The third-order valence-electron chi connectivity index (χ3n) is 5.75. The fourth-order valence-electron chi connectivity index (χ4n) is 4.02. The molecule has 0 aliphatic rings. The Morgan fingerprint density at radius 2 is 1.83 bits per heavy atom. The first-order chi connectivity index (χ1) is 16.7. The van der Waals surface area contributed by atoms with E-state index in [0.29, 0.717) is 25.4 Å². The number of nitrogens with one attached hydrogen (secondary N) is 2. The molecule has 8 heteroatoms. The zero-order chi connectivity index (χ0) is 25.3. The molecule has 6 nitrogen and oxygen atoms in total. The highest BCUT2D eigenvalue weighted by atomic mass is 35.5. The summed E-state index contributed by atoms with van der Waals surface area (Å²) >= 11 is 6.48. The van der Waals surface area contributed by atoms with Gasteiger partial charge in [-0.2, -0.15) is 0 Å². The van der Waals surface area contributed by atoms with Gasteiger partial charge in [0, 0.05) is 34.9 Å². The lowest BCUT2D eigenvalue weighted by Crippen LogP contribution is -2.16. The number of rotatable bonds is 14. The number of benzene rings is 2. The second-order valence-electron chi connectivity index (χ2n) is 9.36. The minimum absolute atomic E-state index is 0.0998. The lowest BCUT2D eigenvalue weighted by atomic mass is 10.00. The highest BCUT2D eigenvalue weighted by Gasteiger charge is 2.12. The van der Waals surface area contributed by atoms with Crippen LogP contribution >= 0.6 is 19.2 Å². The molecule has 4 N–H and O–H groups in total. The molecule has 1 aromatic heterocycles. The summed E-state index contributed by atoms with van der Waals surface area (Å²) in [6.45, 7) is 6.41. The summed E-state index contributed by atoms with van der Waals surface area (Å²) in [6, 6.07) is 14.6. The van der Waals surface area contributed by atoms with Crippen LogP contribution in [0.2, 0.25) is 5.02 Å². The molecule has 0 atom stereocenters. The maximum atomic E-state index is 11.0. The van der Waals surface area contributed by atoms with Crippen molar-refractivity contribution in [2.24, 2.45) is 5.92 Å². The first-order valence-electron chi connectivity index (χ1n) is 12.1. The molecule has 0 radical (unpaired) electrons. The molecule has 0 spiro atoms. The van der Waals surface area contributed by atoms with E-state index in [1.807, 2.05) is 6.07 Å². The van der Waals surface area contributed by atoms with Gasteiger partial charge in [-0.25, -0.2) is 0 Å². The van der Waals surface area contributed by atoms with Crippen LogP contribution in [0.25, 0.3) is 11.1 Å². The summed E-state index contributed by atoms with van der Waals surface area (Å²) in [4.78, 5) is 17.9. The number of halogens is 1. The minimum atomic E-state index is -3.93. The van der Waals surface area contributed by atoms with Crippen LogP contribution in [0.4, 0.5) is 5.69 Å². The number of hydrogen-bond acceptors (Lipinski definition) is 4. The van der Waals surface area contributed by atoms with E-state index in [-0.39, 0.29) is 6.16 Å². The van der Waals surface area contributed by atoms with Crippen molar-refractivity contribution in [3.8, 4) is 11.1 Å². The summed E-state index contributed by atoms with van der Waals surface area (Å²) < 4.78 is 16.3. The van der Waals surface area contributed by atoms with Crippen molar-refractivity contribution in [1.29, 1.82) is 0 Å². The SMILES string of the molecule is CC(C)Cc1ccc(CCCNc2ccc(CNCCCP(=O)(O)O)cc2-c2ccoc2)cc1Cl. The van der Waals surface area contributed by atoms with E-state index in [1.54, 1.807) is 12.5 Å². The van der Waals surface area contributed by atoms with Crippen LogP contribution in [0.1, 0.15) is 43.4 Å². The van der Waals surface area contributed by atoms with E-state index < -0.39 is 7.60 Å². The average Bonchev–Trinajstić information content (AvgIpc) is 3.32. The van der Waals surface area contributed by atoms with Gasteiger partial charge in [0.1, 0.15) is 0 Å². The Morgan fingerprint density at radius 3 is 2.51 bits per heavy atom.